The number of piperidine rings is 1. The van der Waals surface area contributed by atoms with Crippen LogP contribution in [0.5, 0.6) is 0 Å². The number of likely N-dealkylation sites (tertiary alicyclic amines) is 1. The van der Waals surface area contributed by atoms with Crippen molar-refractivity contribution in [2.75, 3.05) is 13.1 Å². The van der Waals surface area contributed by atoms with E-state index in [4.69, 9.17) is 0 Å². The molecule has 5 rings (SSSR count). The summed E-state index contributed by atoms with van der Waals surface area (Å²) in [5.74, 6) is -0.621. The van der Waals surface area contributed by atoms with Gasteiger partial charge in [-0.05, 0) is 42.2 Å². The number of amides is 3. The van der Waals surface area contributed by atoms with E-state index in [0.29, 0.717) is 37.2 Å². The van der Waals surface area contributed by atoms with Crippen molar-refractivity contribution in [3.63, 3.8) is 0 Å². The summed E-state index contributed by atoms with van der Waals surface area (Å²) in [5.41, 5.74) is 1.50. The molecular formula is C25H26FN5O2. The van der Waals surface area contributed by atoms with Crippen LogP contribution in [0.25, 0.3) is 0 Å². The zero-order chi connectivity index (χ0) is 23.0. The Bertz CT molecular complexity index is 1150. The number of aryl methyl sites for hydroxylation is 1. The second kappa shape index (κ2) is 8.44. The van der Waals surface area contributed by atoms with Crippen molar-refractivity contribution in [3.05, 3.63) is 89.5 Å². The molecule has 0 aliphatic carbocycles. The molecule has 3 aromatic rings. The van der Waals surface area contributed by atoms with Gasteiger partial charge < -0.3 is 5.32 Å². The first-order valence-electron chi connectivity index (χ1n) is 11.1. The van der Waals surface area contributed by atoms with Crippen LogP contribution in [0, 0.1) is 5.82 Å². The molecule has 2 fully saturated rings. The molecule has 0 bridgehead atoms. The molecule has 2 aliphatic heterocycles. The topological polar surface area (TPSA) is 70.5 Å². The largest absolute Gasteiger partial charge is 0.325 e. The predicted molar refractivity (Wildman–Crippen MR) is 121 cm³/mol. The number of aromatic nitrogens is 2. The van der Waals surface area contributed by atoms with E-state index in [1.165, 1.54) is 22.6 Å². The van der Waals surface area contributed by atoms with Gasteiger partial charge in [-0.2, -0.15) is 5.10 Å². The Labute approximate surface area is 191 Å². The Morgan fingerprint density at radius 3 is 2.36 bits per heavy atom. The Balaban J connectivity index is 1.39. The van der Waals surface area contributed by atoms with Crippen molar-refractivity contribution in [3.8, 4) is 0 Å². The maximum atomic E-state index is 13.7. The van der Waals surface area contributed by atoms with Crippen LogP contribution in [0.15, 0.2) is 66.9 Å². The number of hydrogen-bond donors (Lipinski definition) is 1. The number of urea groups is 1. The fraction of sp³-hybridized carbons (Fsp3) is 0.320. The molecule has 8 heteroatoms. The normalized spacial score (nSPS) is 19.2. The van der Waals surface area contributed by atoms with E-state index >= 15 is 0 Å². The van der Waals surface area contributed by atoms with E-state index in [2.05, 4.69) is 27.4 Å². The third-order valence-corrected chi connectivity index (χ3v) is 6.61. The highest BCUT2D eigenvalue weighted by molar-refractivity contribution is 6.07. The molecule has 7 nitrogen and oxygen atoms in total. The molecule has 0 radical (unpaired) electrons. The molecule has 3 heterocycles. The minimum atomic E-state index is -0.919. The summed E-state index contributed by atoms with van der Waals surface area (Å²) in [5, 5.41) is 7.45. The van der Waals surface area contributed by atoms with Crippen LogP contribution in [-0.2, 0) is 18.4 Å². The highest BCUT2D eigenvalue weighted by Crippen LogP contribution is 2.37. The van der Waals surface area contributed by atoms with Gasteiger partial charge in [0, 0.05) is 32.9 Å². The lowest BCUT2D eigenvalue weighted by Gasteiger charge is -2.37. The molecular weight excluding hydrogens is 421 g/mol. The van der Waals surface area contributed by atoms with Gasteiger partial charge in [-0.3, -0.25) is 14.4 Å². The number of nitrogens with one attached hydrogen (secondary N) is 1. The van der Waals surface area contributed by atoms with E-state index in [0.717, 1.165) is 6.54 Å². The Morgan fingerprint density at radius 1 is 1.03 bits per heavy atom. The summed E-state index contributed by atoms with van der Waals surface area (Å²) in [7, 11) is 1.78. The molecule has 0 saturated carbocycles. The SMILES string of the molecule is Cn1ccc(C(c2ccc(F)cc2)N2C(=O)NC3(CCN(Cc4ccccc4)CC3)C2=O)n1. The van der Waals surface area contributed by atoms with Crippen LogP contribution in [0.1, 0.15) is 35.7 Å². The molecule has 1 spiro atoms. The zero-order valence-electron chi connectivity index (χ0n) is 18.4. The van der Waals surface area contributed by atoms with Gasteiger partial charge in [0.1, 0.15) is 17.4 Å². The van der Waals surface area contributed by atoms with E-state index in [9.17, 15) is 14.0 Å². The van der Waals surface area contributed by atoms with Crippen molar-refractivity contribution >= 4 is 11.9 Å². The lowest BCUT2D eigenvalue weighted by atomic mass is 9.86. The standard InChI is InChI=1S/C25H26FN5O2/c1-29-14-11-21(28-29)22(19-7-9-20(26)10-8-19)31-23(32)25(27-24(31)33)12-15-30(16-13-25)17-18-5-3-2-4-6-18/h2-11,14,22H,12-13,15-17H2,1H3,(H,27,33). The van der Waals surface area contributed by atoms with Crippen molar-refractivity contribution < 1.29 is 14.0 Å². The second-order valence-electron chi connectivity index (χ2n) is 8.82. The molecule has 1 unspecified atom stereocenters. The number of carbonyl (C=O) groups is 2. The number of rotatable bonds is 5. The lowest BCUT2D eigenvalue weighted by Crippen LogP contribution is -2.54. The van der Waals surface area contributed by atoms with Crippen LogP contribution in [0.2, 0.25) is 0 Å². The summed E-state index contributed by atoms with van der Waals surface area (Å²) in [6.07, 6.45) is 2.85. The van der Waals surface area contributed by atoms with Crippen molar-refractivity contribution in [2.45, 2.75) is 31.0 Å². The van der Waals surface area contributed by atoms with Gasteiger partial charge in [0.2, 0.25) is 0 Å². The Morgan fingerprint density at radius 2 is 1.73 bits per heavy atom. The summed E-state index contributed by atoms with van der Waals surface area (Å²) in [4.78, 5) is 30.5. The molecule has 2 saturated heterocycles. The molecule has 1 atom stereocenters. The van der Waals surface area contributed by atoms with E-state index < -0.39 is 17.6 Å². The average Bonchev–Trinajstić information content (AvgIpc) is 3.34. The zero-order valence-corrected chi connectivity index (χ0v) is 18.4. The van der Waals surface area contributed by atoms with Gasteiger partial charge >= 0.3 is 6.03 Å². The number of nitrogens with zero attached hydrogens (tertiary/aromatic N) is 4. The minimum absolute atomic E-state index is 0.244. The molecule has 170 valence electrons. The van der Waals surface area contributed by atoms with Crippen molar-refractivity contribution in [1.29, 1.82) is 0 Å². The summed E-state index contributed by atoms with van der Waals surface area (Å²) in [6.45, 7) is 2.23. The van der Waals surface area contributed by atoms with Gasteiger partial charge in [-0.15, -0.1) is 0 Å². The number of hydrogen-bond acceptors (Lipinski definition) is 4. The first-order valence-corrected chi connectivity index (χ1v) is 11.1. The monoisotopic (exact) mass is 447 g/mol. The van der Waals surface area contributed by atoms with Gasteiger partial charge in [0.15, 0.2) is 0 Å². The first-order chi connectivity index (χ1) is 15.9. The fourth-order valence-corrected chi connectivity index (χ4v) is 4.83. The maximum Gasteiger partial charge on any atom is 0.325 e. The van der Waals surface area contributed by atoms with Crippen LogP contribution in [0.4, 0.5) is 9.18 Å². The highest BCUT2D eigenvalue weighted by atomic mass is 19.1. The maximum absolute atomic E-state index is 13.7. The molecule has 1 N–H and O–H groups in total. The van der Waals surface area contributed by atoms with Crippen molar-refractivity contribution in [1.82, 2.24) is 24.9 Å². The van der Waals surface area contributed by atoms with Gasteiger partial charge in [0.25, 0.3) is 5.91 Å². The third kappa shape index (κ3) is 4.02. The van der Waals surface area contributed by atoms with Crippen LogP contribution in [0.3, 0.4) is 0 Å². The average molecular weight is 448 g/mol. The summed E-state index contributed by atoms with van der Waals surface area (Å²) in [6, 6.07) is 16.7. The Hall–Kier alpha value is -3.52. The van der Waals surface area contributed by atoms with Crippen LogP contribution in [-0.4, -0.2) is 50.1 Å². The van der Waals surface area contributed by atoms with E-state index in [1.807, 2.05) is 18.2 Å². The van der Waals surface area contributed by atoms with E-state index in [-0.39, 0.29) is 11.7 Å². The molecule has 1 aromatic heterocycles. The van der Waals surface area contributed by atoms with Crippen LogP contribution < -0.4 is 5.32 Å². The number of imide groups is 1. The molecule has 3 amide bonds. The van der Waals surface area contributed by atoms with Gasteiger partial charge in [0.05, 0.1) is 5.69 Å². The first kappa shape index (κ1) is 21.3. The number of benzene rings is 2. The fourth-order valence-electron chi connectivity index (χ4n) is 4.83. The third-order valence-electron chi connectivity index (χ3n) is 6.61. The summed E-state index contributed by atoms with van der Waals surface area (Å²) < 4.78 is 15.2. The van der Waals surface area contributed by atoms with Crippen LogP contribution >= 0.6 is 0 Å². The number of halogens is 1. The quantitative estimate of drug-likeness (QED) is 0.610. The highest BCUT2D eigenvalue weighted by Gasteiger charge is 2.54. The second-order valence-corrected chi connectivity index (χ2v) is 8.82. The minimum Gasteiger partial charge on any atom is -0.323 e. The molecule has 2 aliphatic rings. The molecule has 2 aromatic carbocycles. The smallest absolute Gasteiger partial charge is 0.323 e. The van der Waals surface area contributed by atoms with Crippen molar-refractivity contribution in [2.24, 2.45) is 7.05 Å². The van der Waals surface area contributed by atoms with Gasteiger partial charge in [-0.25, -0.2) is 14.1 Å². The predicted octanol–water partition coefficient (Wildman–Crippen LogP) is 3.24. The summed E-state index contributed by atoms with van der Waals surface area (Å²) >= 11 is 0. The number of carbonyl (C=O) groups excluding carboxylic acids is 2. The molecule has 33 heavy (non-hydrogen) atoms. The van der Waals surface area contributed by atoms with E-state index in [1.54, 1.807) is 36.1 Å². The van der Waals surface area contributed by atoms with Gasteiger partial charge in [-0.1, -0.05) is 42.5 Å². The Kier molecular flexibility index (Phi) is 5.46. The lowest BCUT2D eigenvalue weighted by molar-refractivity contribution is -0.134.